The molecule has 0 aliphatic rings. The molecule has 0 fully saturated rings. The maximum atomic E-state index is 11.4. The van der Waals surface area contributed by atoms with Crippen molar-refractivity contribution in [3.63, 3.8) is 0 Å². The average Bonchev–Trinajstić information content (AvgIpc) is 2.37. The molecule has 0 radical (unpaired) electrons. The van der Waals surface area contributed by atoms with Crippen LogP contribution in [0.5, 0.6) is 0 Å². The van der Waals surface area contributed by atoms with Crippen molar-refractivity contribution >= 4 is 21.4 Å². The Hall–Kier alpha value is -1.31. The first kappa shape index (κ1) is 16.7. The molecule has 1 rings (SSSR count). The van der Waals surface area contributed by atoms with Gasteiger partial charge < -0.3 is 16.0 Å². The summed E-state index contributed by atoms with van der Waals surface area (Å²) in [6.07, 6.45) is 0. The first-order chi connectivity index (χ1) is 9.29. The fraction of sp³-hybridized carbons (Fsp3) is 0.538. The van der Waals surface area contributed by atoms with Gasteiger partial charge >= 0.3 is 0 Å². The molecule has 0 aliphatic heterocycles. The lowest BCUT2D eigenvalue weighted by Gasteiger charge is -2.25. The standard InChI is InChI=1S/C13H24N4O2S/c1-4-17(5-2)9-10(3)16-11-7-6-8-12(13(11)14)20(15,18)19/h6-8,10,16H,4-5,9,14H2,1-3H3,(H2,15,18,19). The molecule has 0 aromatic heterocycles. The summed E-state index contributed by atoms with van der Waals surface area (Å²) in [7, 11) is -3.80. The van der Waals surface area contributed by atoms with E-state index in [9.17, 15) is 8.42 Å². The van der Waals surface area contributed by atoms with E-state index in [1.807, 2.05) is 6.92 Å². The smallest absolute Gasteiger partial charge is 0.240 e. The van der Waals surface area contributed by atoms with Gasteiger partial charge in [0.1, 0.15) is 4.90 Å². The maximum absolute atomic E-state index is 11.4. The molecule has 0 heterocycles. The van der Waals surface area contributed by atoms with Crippen LogP contribution in [-0.2, 0) is 10.0 Å². The van der Waals surface area contributed by atoms with Crippen molar-refractivity contribution in [3.8, 4) is 0 Å². The summed E-state index contributed by atoms with van der Waals surface area (Å²) in [6, 6.07) is 4.93. The van der Waals surface area contributed by atoms with Gasteiger partial charge in [0.15, 0.2) is 0 Å². The van der Waals surface area contributed by atoms with Crippen LogP contribution in [0.15, 0.2) is 23.1 Å². The SMILES string of the molecule is CCN(CC)CC(C)Nc1cccc(S(N)(=O)=O)c1N. The lowest BCUT2D eigenvalue weighted by molar-refractivity contribution is 0.295. The van der Waals surface area contributed by atoms with Crippen LogP contribution in [0, 0.1) is 0 Å². The maximum Gasteiger partial charge on any atom is 0.240 e. The Labute approximate surface area is 121 Å². The number of primary sulfonamides is 1. The van der Waals surface area contributed by atoms with Crippen LogP contribution in [0.3, 0.4) is 0 Å². The van der Waals surface area contributed by atoms with E-state index in [2.05, 4.69) is 24.1 Å². The van der Waals surface area contributed by atoms with Crippen molar-refractivity contribution in [2.24, 2.45) is 5.14 Å². The number of rotatable bonds is 7. The zero-order valence-electron chi connectivity index (χ0n) is 12.3. The lowest BCUT2D eigenvalue weighted by atomic mass is 10.2. The number of nitrogens with zero attached hydrogens (tertiary/aromatic N) is 1. The van der Waals surface area contributed by atoms with E-state index in [4.69, 9.17) is 10.9 Å². The lowest BCUT2D eigenvalue weighted by Crippen LogP contribution is -2.35. The van der Waals surface area contributed by atoms with E-state index in [1.54, 1.807) is 12.1 Å². The van der Waals surface area contributed by atoms with Gasteiger partial charge in [0.05, 0.1) is 11.4 Å². The first-order valence-corrected chi connectivity index (χ1v) is 8.24. The molecule has 1 unspecified atom stereocenters. The summed E-state index contributed by atoms with van der Waals surface area (Å²) in [4.78, 5) is 2.23. The second-order valence-electron chi connectivity index (χ2n) is 4.79. The van der Waals surface area contributed by atoms with Crippen molar-refractivity contribution in [2.75, 3.05) is 30.7 Å². The van der Waals surface area contributed by atoms with Gasteiger partial charge in [0.2, 0.25) is 10.0 Å². The molecule has 7 heteroatoms. The molecule has 1 atom stereocenters. The number of benzene rings is 1. The van der Waals surface area contributed by atoms with Crippen LogP contribution in [0.1, 0.15) is 20.8 Å². The van der Waals surface area contributed by atoms with Gasteiger partial charge in [0, 0.05) is 12.6 Å². The first-order valence-electron chi connectivity index (χ1n) is 6.69. The summed E-state index contributed by atoms with van der Waals surface area (Å²) < 4.78 is 22.8. The summed E-state index contributed by atoms with van der Waals surface area (Å²) in [5.41, 5.74) is 6.64. The molecule has 0 spiro atoms. The number of sulfonamides is 1. The summed E-state index contributed by atoms with van der Waals surface area (Å²) in [5.74, 6) is 0. The number of nitrogens with one attached hydrogen (secondary N) is 1. The highest BCUT2D eigenvalue weighted by molar-refractivity contribution is 7.89. The zero-order chi connectivity index (χ0) is 15.3. The molecule has 1 aromatic rings. The van der Waals surface area contributed by atoms with Gasteiger partial charge in [-0.2, -0.15) is 0 Å². The van der Waals surface area contributed by atoms with Gasteiger partial charge in [-0.15, -0.1) is 0 Å². The third-order valence-corrected chi connectivity index (χ3v) is 4.17. The Morgan fingerprint density at radius 3 is 2.40 bits per heavy atom. The molecular formula is C13H24N4O2S. The Kier molecular flexibility index (Phi) is 5.79. The second kappa shape index (κ2) is 6.92. The van der Waals surface area contributed by atoms with Crippen molar-refractivity contribution in [1.29, 1.82) is 0 Å². The number of para-hydroxylation sites is 1. The molecule has 6 nitrogen and oxygen atoms in total. The van der Waals surface area contributed by atoms with E-state index < -0.39 is 10.0 Å². The Bertz CT molecular complexity index is 541. The van der Waals surface area contributed by atoms with Gasteiger partial charge in [0.25, 0.3) is 0 Å². The molecule has 0 saturated heterocycles. The molecule has 20 heavy (non-hydrogen) atoms. The van der Waals surface area contributed by atoms with E-state index in [0.29, 0.717) is 5.69 Å². The van der Waals surface area contributed by atoms with Crippen LogP contribution >= 0.6 is 0 Å². The van der Waals surface area contributed by atoms with Crippen molar-refractivity contribution in [1.82, 2.24) is 4.90 Å². The molecule has 0 saturated carbocycles. The highest BCUT2D eigenvalue weighted by Gasteiger charge is 2.16. The molecule has 1 aromatic carbocycles. The average molecular weight is 300 g/mol. The van der Waals surface area contributed by atoms with E-state index in [1.165, 1.54) is 6.07 Å². The Morgan fingerprint density at radius 1 is 1.30 bits per heavy atom. The third kappa shape index (κ3) is 4.36. The van der Waals surface area contributed by atoms with Crippen LogP contribution in [0.4, 0.5) is 11.4 Å². The molecule has 114 valence electrons. The highest BCUT2D eigenvalue weighted by atomic mass is 32.2. The van der Waals surface area contributed by atoms with Crippen molar-refractivity contribution in [2.45, 2.75) is 31.7 Å². The topological polar surface area (TPSA) is 101 Å². The monoisotopic (exact) mass is 300 g/mol. The number of nitrogens with two attached hydrogens (primary N) is 2. The van der Waals surface area contributed by atoms with Crippen molar-refractivity contribution in [3.05, 3.63) is 18.2 Å². The fourth-order valence-corrected chi connectivity index (χ4v) is 2.78. The quantitative estimate of drug-likeness (QED) is 0.654. The normalized spacial score (nSPS) is 13.4. The number of hydrogen-bond donors (Lipinski definition) is 3. The minimum absolute atomic E-state index is 0.0439. The van der Waals surface area contributed by atoms with E-state index in [-0.39, 0.29) is 16.6 Å². The minimum Gasteiger partial charge on any atom is -0.396 e. The summed E-state index contributed by atoms with van der Waals surface area (Å²) in [5, 5.41) is 8.37. The molecule has 0 aliphatic carbocycles. The second-order valence-corrected chi connectivity index (χ2v) is 6.32. The molecule has 5 N–H and O–H groups in total. The Morgan fingerprint density at radius 2 is 1.90 bits per heavy atom. The zero-order valence-corrected chi connectivity index (χ0v) is 13.1. The van der Waals surface area contributed by atoms with E-state index in [0.717, 1.165) is 19.6 Å². The number of hydrogen-bond acceptors (Lipinski definition) is 5. The highest BCUT2D eigenvalue weighted by Crippen LogP contribution is 2.26. The van der Waals surface area contributed by atoms with Crippen LogP contribution in [0.25, 0.3) is 0 Å². The number of nitrogen functional groups attached to an aromatic ring is 1. The number of likely N-dealkylation sites (N-methyl/N-ethyl adjacent to an activating group) is 1. The van der Waals surface area contributed by atoms with Crippen molar-refractivity contribution < 1.29 is 8.42 Å². The van der Waals surface area contributed by atoms with Gasteiger partial charge in [-0.3, -0.25) is 0 Å². The fourth-order valence-electron chi connectivity index (χ4n) is 2.10. The number of anilines is 2. The summed E-state index contributed by atoms with van der Waals surface area (Å²) in [6.45, 7) is 9.02. The van der Waals surface area contributed by atoms with Gasteiger partial charge in [-0.05, 0) is 32.1 Å². The molecule has 0 bridgehead atoms. The van der Waals surface area contributed by atoms with Gasteiger partial charge in [-0.1, -0.05) is 19.9 Å². The van der Waals surface area contributed by atoms with Crippen LogP contribution in [-0.4, -0.2) is 39.0 Å². The molecule has 0 amide bonds. The summed E-state index contributed by atoms with van der Waals surface area (Å²) >= 11 is 0. The molecular weight excluding hydrogens is 276 g/mol. The third-order valence-electron chi connectivity index (χ3n) is 3.20. The Balaban J connectivity index is 2.88. The largest absolute Gasteiger partial charge is 0.396 e. The minimum atomic E-state index is -3.80. The predicted molar refractivity (Wildman–Crippen MR) is 83.1 cm³/mol. The van der Waals surface area contributed by atoms with E-state index >= 15 is 0 Å². The van der Waals surface area contributed by atoms with Crippen LogP contribution in [0.2, 0.25) is 0 Å². The van der Waals surface area contributed by atoms with Gasteiger partial charge in [-0.25, -0.2) is 13.6 Å². The van der Waals surface area contributed by atoms with Crippen LogP contribution < -0.4 is 16.2 Å². The predicted octanol–water partition coefficient (Wildman–Crippen LogP) is 1.06.